The molecule has 2 aromatic rings. The average molecular weight is 286 g/mol. The van der Waals surface area contributed by atoms with Gasteiger partial charge in [0.05, 0.1) is 19.5 Å². The smallest absolute Gasteiger partial charge is 0.225 e. The van der Waals surface area contributed by atoms with Gasteiger partial charge in [-0.15, -0.1) is 0 Å². The van der Waals surface area contributed by atoms with E-state index in [1.807, 2.05) is 13.0 Å². The molecule has 1 fully saturated rings. The molecule has 110 valence electrons. The molecule has 0 spiro atoms. The highest BCUT2D eigenvalue weighted by molar-refractivity contribution is 5.36. The summed E-state index contributed by atoms with van der Waals surface area (Å²) >= 11 is 0. The summed E-state index contributed by atoms with van der Waals surface area (Å²) in [6.45, 7) is 3.71. The van der Waals surface area contributed by atoms with Crippen LogP contribution in [-0.2, 0) is 0 Å². The highest BCUT2D eigenvalue weighted by atomic mass is 16.5. The first-order chi connectivity index (χ1) is 10.2. The molecule has 1 atom stereocenters. The van der Waals surface area contributed by atoms with Gasteiger partial charge in [0.15, 0.2) is 5.75 Å². The molecule has 1 N–H and O–H groups in total. The number of aryl methyl sites for hydroxylation is 1. The second kappa shape index (κ2) is 5.90. The SMILES string of the molecule is COc1cnc(N2CCC(Nc3nccc(C)n3)C2)nc1. The van der Waals surface area contributed by atoms with E-state index in [0.717, 1.165) is 31.2 Å². The zero-order valence-electron chi connectivity index (χ0n) is 12.2. The number of hydrogen-bond donors (Lipinski definition) is 1. The van der Waals surface area contributed by atoms with Crippen molar-refractivity contribution in [3.63, 3.8) is 0 Å². The molecule has 0 radical (unpaired) electrons. The van der Waals surface area contributed by atoms with Crippen LogP contribution in [0, 0.1) is 6.92 Å². The van der Waals surface area contributed by atoms with Gasteiger partial charge in [0, 0.05) is 31.0 Å². The van der Waals surface area contributed by atoms with Crippen molar-refractivity contribution in [3.8, 4) is 5.75 Å². The predicted octanol–water partition coefficient (Wildman–Crippen LogP) is 1.27. The molecule has 7 heteroatoms. The summed E-state index contributed by atoms with van der Waals surface area (Å²) < 4.78 is 5.07. The van der Waals surface area contributed by atoms with Crippen molar-refractivity contribution in [1.82, 2.24) is 19.9 Å². The standard InChI is InChI=1S/C14H18N6O/c1-10-3-5-15-13(18-10)19-11-4-6-20(9-11)14-16-7-12(21-2)8-17-14/h3,5,7-8,11H,4,6,9H2,1-2H3,(H,15,18,19). The van der Waals surface area contributed by atoms with Crippen LogP contribution in [0.1, 0.15) is 12.1 Å². The maximum absolute atomic E-state index is 5.07. The zero-order valence-corrected chi connectivity index (χ0v) is 12.2. The van der Waals surface area contributed by atoms with Crippen LogP contribution < -0.4 is 15.0 Å². The molecular formula is C14H18N6O. The number of nitrogens with zero attached hydrogens (tertiary/aromatic N) is 5. The van der Waals surface area contributed by atoms with Gasteiger partial charge < -0.3 is 15.0 Å². The van der Waals surface area contributed by atoms with E-state index in [9.17, 15) is 0 Å². The van der Waals surface area contributed by atoms with E-state index < -0.39 is 0 Å². The van der Waals surface area contributed by atoms with Crippen molar-refractivity contribution in [3.05, 3.63) is 30.4 Å². The lowest BCUT2D eigenvalue weighted by atomic mass is 10.3. The number of nitrogens with one attached hydrogen (secondary N) is 1. The minimum atomic E-state index is 0.303. The van der Waals surface area contributed by atoms with E-state index in [1.165, 1.54) is 0 Å². The molecule has 3 heterocycles. The molecule has 2 aromatic heterocycles. The second-order valence-electron chi connectivity index (χ2n) is 5.02. The van der Waals surface area contributed by atoms with Gasteiger partial charge >= 0.3 is 0 Å². The Morgan fingerprint density at radius 1 is 1.29 bits per heavy atom. The van der Waals surface area contributed by atoms with Gasteiger partial charge in [-0.05, 0) is 19.4 Å². The minimum Gasteiger partial charge on any atom is -0.494 e. The molecule has 0 saturated carbocycles. The number of anilines is 2. The van der Waals surface area contributed by atoms with Crippen LogP contribution in [-0.4, -0.2) is 46.2 Å². The van der Waals surface area contributed by atoms with Gasteiger partial charge in [-0.2, -0.15) is 0 Å². The van der Waals surface area contributed by atoms with Crippen molar-refractivity contribution < 1.29 is 4.74 Å². The van der Waals surface area contributed by atoms with E-state index in [4.69, 9.17) is 4.74 Å². The third kappa shape index (κ3) is 3.18. The van der Waals surface area contributed by atoms with Crippen molar-refractivity contribution in [1.29, 1.82) is 0 Å². The lowest BCUT2D eigenvalue weighted by Crippen LogP contribution is -2.27. The van der Waals surface area contributed by atoms with Crippen LogP contribution in [0.4, 0.5) is 11.9 Å². The quantitative estimate of drug-likeness (QED) is 0.907. The summed E-state index contributed by atoms with van der Waals surface area (Å²) in [5.41, 5.74) is 0.959. The van der Waals surface area contributed by atoms with Crippen molar-refractivity contribution in [2.45, 2.75) is 19.4 Å². The molecule has 0 aliphatic carbocycles. The number of rotatable bonds is 4. The number of hydrogen-bond acceptors (Lipinski definition) is 7. The Kier molecular flexibility index (Phi) is 3.81. The monoisotopic (exact) mass is 286 g/mol. The number of aromatic nitrogens is 4. The molecular weight excluding hydrogens is 268 g/mol. The van der Waals surface area contributed by atoms with E-state index in [-0.39, 0.29) is 0 Å². The van der Waals surface area contributed by atoms with Gasteiger partial charge in [0.2, 0.25) is 11.9 Å². The van der Waals surface area contributed by atoms with Crippen LogP contribution in [0.2, 0.25) is 0 Å². The molecule has 1 aliphatic heterocycles. The van der Waals surface area contributed by atoms with Gasteiger partial charge in [0.25, 0.3) is 0 Å². The lowest BCUT2D eigenvalue weighted by Gasteiger charge is -2.16. The van der Waals surface area contributed by atoms with Crippen LogP contribution in [0.5, 0.6) is 5.75 Å². The first-order valence-electron chi connectivity index (χ1n) is 6.92. The van der Waals surface area contributed by atoms with Crippen LogP contribution in [0.3, 0.4) is 0 Å². The Balaban J connectivity index is 1.62. The topological polar surface area (TPSA) is 76.1 Å². The molecule has 7 nitrogen and oxygen atoms in total. The van der Waals surface area contributed by atoms with Crippen molar-refractivity contribution in [2.75, 3.05) is 30.4 Å². The Morgan fingerprint density at radius 2 is 2.10 bits per heavy atom. The first-order valence-corrected chi connectivity index (χ1v) is 6.92. The van der Waals surface area contributed by atoms with Crippen LogP contribution in [0.15, 0.2) is 24.7 Å². The molecule has 3 rings (SSSR count). The van der Waals surface area contributed by atoms with Gasteiger partial charge in [-0.3, -0.25) is 0 Å². The summed E-state index contributed by atoms with van der Waals surface area (Å²) in [5, 5.41) is 3.36. The maximum Gasteiger partial charge on any atom is 0.225 e. The molecule has 0 amide bonds. The third-order valence-corrected chi connectivity index (χ3v) is 3.45. The molecule has 1 aliphatic rings. The fourth-order valence-corrected chi connectivity index (χ4v) is 2.34. The molecule has 0 bridgehead atoms. The fraction of sp³-hybridized carbons (Fsp3) is 0.429. The van der Waals surface area contributed by atoms with E-state index in [1.54, 1.807) is 25.7 Å². The van der Waals surface area contributed by atoms with Gasteiger partial charge in [-0.25, -0.2) is 19.9 Å². The zero-order chi connectivity index (χ0) is 14.7. The van der Waals surface area contributed by atoms with Crippen molar-refractivity contribution >= 4 is 11.9 Å². The Morgan fingerprint density at radius 3 is 2.81 bits per heavy atom. The third-order valence-electron chi connectivity index (χ3n) is 3.45. The summed E-state index contributed by atoms with van der Waals surface area (Å²) in [6.07, 6.45) is 6.15. The average Bonchev–Trinajstić information content (AvgIpc) is 2.96. The van der Waals surface area contributed by atoms with E-state index in [0.29, 0.717) is 17.7 Å². The van der Waals surface area contributed by atoms with Crippen LogP contribution >= 0.6 is 0 Å². The number of methoxy groups -OCH3 is 1. The lowest BCUT2D eigenvalue weighted by molar-refractivity contribution is 0.410. The molecule has 21 heavy (non-hydrogen) atoms. The Hall–Kier alpha value is -2.44. The maximum atomic E-state index is 5.07. The minimum absolute atomic E-state index is 0.303. The number of ether oxygens (including phenoxy) is 1. The molecule has 0 aromatic carbocycles. The van der Waals surface area contributed by atoms with Gasteiger partial charge in [0.1, 0.15) is 0 Å². The summed E-state index contributed by atoms with van der Waals surface area (Å²) in [5.74, 6) is 2.07. The summed E-state index contributed by atoms with van der Waals surface area (Å²) in [7, 11) is 1.61. The fourth-order valence-electron chi connectivity index (χ4n) is 2.34. The largest absolute Gasteiger partial charge is 0.494 e. The highest BCUT2D eigenvalue weighted by Gasteiger charge is 2.24. The van der Waals surface area contributed by atoms with Crippen molar-refractivity contribution in [2.24, 2.45) is 0 Å². The highest BCUT2D eigenvalue weighted by Crippen LogP contribution is 2.19. The second-order valence-corrected chi connectivity index (χ2v) is 5.02. The summed E-state index contributed by atoms with van der Waals surface area (Å²) in [4.78, 5) is 19.4. The Bertz CT molecular complexity index is 603. The molecule has 1 saturated heterocycles. The first kappa shape index (κ1) is 13.5. The predicted molar refractivity (Wildman–Crippen MR) is 79.6 cm³/mol. The van der Waals surface area contributed by atoms with Gasteiger partial charge in [-0.1, -0.05) is 0 Å². The van der Waals surface area contributed by atoms with E-state index in [2.05, 4.69) is 30.2 Å². The Labute approximate surface area is 123 Å². The normalized spacial score (nSPS) is 17.8. The summed E-state index contributed by atoms with van der Waals surface area (Å²) in [6, 6.07) is 2.19. The van der Waals surface area contributed by atoms with E-state index >= 15 is 0 Å². The molecule has 1 unspecified atom stereocenters. The van der Waals surface area contributed by atoms with Crippen LogP contribution in [0.25, 0.3) is 0 Å².